The van der Waals surface area contributed by atoms with E-state index >= 15 is 0 Å². The van der Waals surface area contributed by atoms with E-state index in [2.05, 4.69) is 11.9 Å². The Balaban J connectivity index is 2.15. The SMILES string of the molecule is CC(C1CCC1)n1c(N)nc2cc(F)c(Cl)cc21. The molecule has 0 aliphatic heterocycles. The second-order valence-electron chi connectivity index (χ2n) is 5.03. The average molecular weight is 268 g/mol. The quantitative estimate of drug-likeness (QED) is 0.900. The summed E-state index contributed by atoms with van der Waals surface area (Å²) >= 11 is 5.84. The smallest absolute Gasteiger partial charge is 0.201 e. The van der Waals surface area contributed by atoms with Gasteiger partial charge in [-0.05, 0) is 31.7 Å². The summed E-state index contributed by atoms with van der Waals surface area (Å²) in [5.41, 5.74) is 7.35. The Hall–Kier alpha value is -1.29. The zero-order valence-corrected chi connectivity index (χ0v) is 10.9. The molecule has 18 heavy (non-hydrogen) atoms. The van der Waals surface area contributed by atoms with Crippen LogP contribution in [0.4, 0.5) is 10.3 Å². The normalized spacial score (nSPS) is 17.9. The molecule has 3 nitrogen and oxygen atoms in total. The highest BCUT2D eigenvalue weighted by Gasteiger charge is 2.27. The number of hydrogen-bond donors (Lipinski definition) is 1. The number of rotatable bonds is 2. The molecule has 3 rings (SSSR count). The molecule has 2 N–H and O–H groups in total. The molecule has 1 saturated carbocycles. The number of imidazole rings is 1. The lowest BCUT2D eigenvalue weighted by molar-refractivity contribution is 0.227. The van der Waals surface area contributed by atoms with Crippen molar-refractivity contribution >= 4 is 28.6 Å². The van der Waals surface area contributed by atoms with Crippen molar-refractivity contribution < 1.29 is 4.39 Å². The molecule has 1 aromatic carbocycles. The summed E-state index contributed by atoms with van der Waals surface area (Å²) in [5, 5.41) is 0.115. The van der Waals surface area contributed by atoms with Gasteiger partial charge in [-0.15, -0.1) is 0 Å². The van der Waals surface area contributed by atoms with Crippen molar-refractivity contribution in [2.45, 2.75) is 32.2 Å². The van der Waals surface area contributed by atoms with Crippen LogP contribution in [-0.4, -0.2) is 9.55 Å². The molecule has 2 aromatic rings. The van der Waals surface area contributed by atoms with Crippen LogP contribution in [0.25, 0.3) is 11.0 Å². The fraction of sp³-hybridized carbons (Fsp3) is 0.462. The third kappa shape index (κ3) is 1.67. The summed E-state index contributed by atoms with van der Waals surface area (Å²) in [6, 6.07) is 3.24. The van der Waals surface area contributed by atoms with Crippen LogP contribution < -0.4 is 5.73 Å². The molecule has 96 valence electrons. The summed E-state index contributed by atoms with van der Waals surface area (Å²) in [6.45, 7) is 2.14. The predicted octanol–water partition coefficient (Wildman–Crippen LogP) is 3.77. The molecular weight excluding hydrogens is 253 g/mol. The first-order chi connectivity index (χ1) is 8.58. The topological polar surface area (TPSA) is 43.8 Å². The molecule has 0 bridgehead atoms. The molecule has 1 atom stereocenters. The number of benzene rings is 1. The number of fused-ring (bicyclic) bond motifs is 1. The third-order valence-corrected chi connectivity index (χ3v) is 4.29. The zero-order valence-electron chi connectivity index (χ0n) is 10.2. The summed E-state index contributed by atoms with van der Waals surface area (Å²) in [5.74, 6) is 0.615. The molecule has 0 radical (unpaired) electrons. The van der Waals surface area contributed by atoms with Gasteiger partial charge in [0.2, 0.25) is 5.95 Å². The molecule has 0 amide bonds. The maximum atomic E-state index is 13.4. The Morgan fingerprint density at radius 3 is 2.83 bits per heavy atom. The average Bonchev–Trinajstić information content (AvgIpc) is 2.52. The summed E-state index contributed by atoms with van der Waals surface area (Å²) in [6.07, 6.45) is 3.71. The molecule has 1 aliphatic carbocycles. The minimum atomic E-state index is -0.454. The molecule has 1 aliphatic rings. The van der Waals surface area contributed by atoms with Crippen molar-refractivity contribution in [1.29, 1.82) is 0 Å². The molecule has 1 heterocycles. The second-order valence-corrected chi connectivity index (χ2v) is 5.43. The Kier molecular flexibility index (Phi) is 2.70. The zero-order chi connectivity index (χ0) is 12.9. The van der Waals surface area contributed by atoms with E-state index in [9.17, 15) is 4.39 Å². The maximum Gasteiger partial charge on any atom is 0.201 e. The van der Waals surface area contributed by atoms with Gasteiger partial charge < -0.3 is 10.3 Å². The van der Waals surface area contributed by atoms with Gasteiger partial charge in [0.25, 0.3) is 0 Å². The molecule has 1 aromatic heterocycles. The van der Waals surface area contributed by atoms with E-state index < -0.39 is 5.82 Å². The minimum absolute atomic E-state index is 0.115. The number of nitrogens with zero attached hydrogens (tertiary/aromatic N) is 2. The number of halogens is 2. The van der Waals surface area contributed by atoms with Gasteiger partial charge in [-0.2, -0.15) is 0 Å². The van der Waals surface area contributed by atoms with E-state index in [1.54, 1.807) is 6.07 Å². The lowest BCUT2D eigenvalue weighted by atomic mass is 9.80. The minimum Gasteiger partial charge on any atom is -0.369 e. The monoisotopic (exact) mass is 267 g/mol. The Labute approximate surface area is 110 Å². The van der Waals surface area contributed by atoms with Gasteiger partial charge >= 0.3 is 0 Å². The van der Waals surface area contributed by atoms with Crippen LogP contribution in [0.15, 0.2) is 12.1 Å². The lowest BCUT2D eigenvalue weighted by Gasteiger charge is -2.33. The Morgan fingerprint density at radius 2 is 2.22 bits per heavy atom. The van der Waals surface area contributed by atoms with Crippen LogP contribution >= 0.6 is 11.6 Å². The fourth-order valence-corrected chi connectivity index (χ4v) is 2.83. The van der Waals surface area contributed by atoms with E-state index in [-0.39, 0.29) is 11.1 Å². The van der Waals surface area contributed by atoms with Gasteiger partial charge in [0, 0.05) is 12.1 Å². The third-order valence-electron chi connectivity index (χ3n) is 4.00. The van der Waals surface area contributed by atoms with Crippen LogP contribution in [0.5, 0.6) is 0 Å². The first kappa shape index (κ1) is 11.8. The second kappa shape index (κ2) is 4.12. The first-order valence-electron chi connectivity index (χ1n) is 6.20. The highest BCUT2D eigenvalue weighted by molar-refractivity contribution is 6.31. The lowest BCUT2D eigenvalue weighted by Crippen LogP contribution is -2.23. The first-order valence-corrected chi connectivity index (χ1v) is 6.58. The molecule has 0 spiro atoms. The highest BCUT2D eigenvalue weighted by Crippen LogP contribution is 2.39. The van der Waals surface area contributed by atoms with Crippen molar-refractivity contribution in [2.24, 2.45) is 5.92 Å². The van der Waals surface area contributed by atoms with Gasteiger partial charge in [0.05, 0.1) is 16.1 Å². The van der Waals surface area contributed by atoms with E-state index in [4.69, 9.17) is 17.3 Å². The van der Waals surface area contributed by atoms with Gasteiger partial charge in [-0.1, -0.05) is 18.0 Å². The molecule has 0 saturated heterocycles. The van der Waals surface area contributed by atoms with Crippen molar-refractivity contribution in [1.82, 2.24) is 9.55 Å². The van der Waals surface area contributed by atoms with Gasteiger partial charge in [-0.3, -0.25) is 0 Å². The van der Waals surface area contributed by atoms with Crippen molar-refractivity contribution in [3.05, 3.63) is 23.0 Å². The highest BCUT2D eigenvalue weighted by atomic mass is 35.5. The molecule has 1 unspecified atom stereocenters. The Morgan fingerprint density at radius 1 is 1.50 bits per heavy atom. The number of nitrogen functional groups attached to an aromatic ring is 1. The summed E-state index contributed by atoms with van der Waals surface area (Å²) in [4.78, 5) is 4.22. The van der Waals surface area contributed by atoms with Crippen LogP contribution in [0.2, 0.25) is 5.02 Å². The van der Waals surface area contributed by atoms with Crippen LogP contribution in [-0.2, 0) is 0 Å². The predicted molar refractivity (Wildman–Crippen MR) is 71.2 cm³/mol. The van der Waals surface area contributed by atoms with Crippen LogP contribution in [0.3, 0.4) is 0 Å². The summed E-state index contributed by atoms with van der Waals surface area (Å²) < 4.78 is 15.4. The number of hydrogen-bond acceptors (Lipinski definition) is 2. The van der Waals surface area contributed by atoms with Crippen molar-refractivity contribution in [3.8, 4) is 0 Å². The van der Waals surface area contributed by atoms with Crippen LogP contribution in [0.1, 0.15) is 32.2 Å². The molecular formula is C13H15ClFN3. The van der Waals surface area contributed by atoms with Gasteiger partial charge in [0.15, 0.2) is 0 Å². The number of aromatic nitrogens is 2. The number of anilines is 1. The number of nitrogens with two attached hydrogens (primary N) is 1. The van der Waals surface area contributed by atoms with E-state index in [1.165, 1.54) is 25.3 Å². The van der Waals surface area contributed by atoms with Crippen molar-refractivity contribution in [2.75, 3.05) is 5.73 Å². The largest absolute Gasteiger partial charge is 0.369 e. The standard InChI is InChI=1S/C13H15ClFN3/c1-7(8-3-2-4-8)18-12-5-9(14)10(15)6-11(12)17-13(18)16/h5-8H,2-4H2,1H3,(H2,16,17). The van der Waals surface area contributed by atoms with E-state index in [1.807, 2.05) is 4.57 Å². The Bertz CT molecular complexity index is 604. The maximum absolute atomic E-state index is 13.4. The van der Waals surface area contributed by atoms with Crippen molar-refractivity contribution in [3.63, 3.8) is 0 Å². The van der Waals surface area contributed by atoms with E-state index in [0.29, 0.717) is 17.4 Å². The van der Waals surface area contributed by atoms with E-state index in [0.717, 1.165) is 5.52 Å². The fourth-order valence-electron chi connectivity index (χ4n) is 2.67. The molecule has 5 heteroatoms. The van der Waals surface area contributed by atoms with Gasteiger partial charge in [0.1, 0.15) is 5.82 Å². The van der Waals surface area contributed by atoms with Crippen LogP contribution in [0, 0.1) is 11.7 Å². The van der Waals surface area contributed by atoms with Gasteiger partial charge in [-0.25, -0.2) is 9.37 Å². The summed E-state index contributed by atoms with van der Waals surface area (Å²) in [7, 11) is 0. The molecule has 1 fully saturated rings.